The molecule has 10 nitrogen and oxygen atoms in total. The summed E-state index contributed by atoms with van der Waals surface area (Å²) in [6, 6.07) is 8.92. The highest BCUT2D eigenvalue weighted by Gasteiger charge is 2.50. The molecule has 0 unspecified atom stereocenters. The number of carbonyl (C=O) groups is 1. The highest BCUT2D eigenvalue weighted by Crippen LogP contribution is 2.37. The molecule has 12 heteroatoms. The molecule has 2 heterocycles. The summed E-state index contributed by atoms with van der Waals surface area (Å²) in [5.41, 5.74) is -0.684. The van der Waals surface area contributed by atoms with Crippen LogP contribution in [0.1, 0.15) is 61.0 Å². The minimum absolute atomic E-state index is 0.0529. The SMILES string of the molecule is CC(C)Oc1ccc(-c2nc(-c3cc(F)c(OC[C@H]4[C@@H](C)OC(C)(C)N4C(=O)OC(C)(C)C)cc3Cl)no2)cc1C#N. The van der Waals surface area contributed by atoms with Crippen LogP contribution in [0.2, 0.25) is 5.02 Å². The van der Waals surface area contributed by atoms with Crippen molar-refractivity contribution in [2.75, 3.05) is 6.61 Å². The van der Waals surface area contributed by atoms with E-state index in [2.05, 4.69) is 16.2 Å². The summed E-state index contributed by atoms with van der Waals surface area (Å²) in [4.78, 5) is 18.8. The summed E-state index contributed by atoms with van der Waals surface area (Å²) < 4.78 is 43.6. The van der Waals surface area contributed by atoms with Gasteiger partial charge in [-0.1, -0.05) is 16.8 Å². The van der Waals surface area contributed by atoms with Gasteiger partial charge in [-0.15, -0.1) is 0 Å². The normalized spacial score (nSPS) is 18.2. The molecule has 1 aromatic heterocycles. The van der Waals surface area contributed by atoms with Crippen LogP contribution in [0, 0.1) is 17.1 Å². The number of amides is 1. The summed E-state index contributed by atoms with van der Waals surface area (Å²) in [6.07, 6.45) is -1.07. The van der Waals surface area contributed by atoms with E-state index in [1.165, 1.54) is 11.0 Å². The average Bonchev–Trinajstić information content (AvgIpc) is 3.44. The molecular weight excluding hydrogens is 567 g/mol. The zero-order valence-corrected chi connectivity index (χ0v) is 25.6. The van der Waals surface area contributed by atoms with Crippen molar-refractivity contribution in [2.24, 2.45) is 0 Å². The van der Waals surface area contributed by atoms with E-state index in [9.17, 15) is 10.1 Å². The zero-order valence-electron chi connectivity index (χ0n) is 24.8. The molecule has 2 aromatic carbocycles. The van der Waals surface area contributed by atoms with Crippen molar-refractivity contribution >= 4 is 17.7 Å². The first-order valence-electron chi connectivity index (χ1n) is 13.5. The minimum atomic E-state index is -0.956. The highest BCUT2D eigenvalue weighted by atomic mass is 35.5. The van der Waals surface area contributed by atoms with Crippen LogP contribution in [0.3, 0.4) is 0 Å². The monoisotopic (exact) mass is 600 g/mol. The molecule has 0 radical (unpaired) electrons. The maximum absolute atomic E-state index is 15.2. The van der Waals surface area contributed by atoms with E-state index in [0.717, 1.165) is 6.07 Å². The number of carbonyl (C=O) groups excluding carboxylic acids is 1. The molecule has 0 N–H and O–H groups in total. The lowest BCUT2D eigenvalue weighted by atomic mass is 10.1. The number of nitriles is 1. The van der Waals surface area contributed by atoms with Crippen LogP contribution < -0.4 is 9.47 Å². The van der Waals surface area contributed by atoms with Crippen molar-refractivity contribution in [2.45, 2.75) is 85.0 Å². The van der Waals surface area contributed by atoms with Crippen molar-refractivity contribution < 1.29 is 32.7 Å². The van der Waals surface area contributed by atoms with Crippen LogP contribution in [0.5, 0.6) is 11.5 Å². The van der Waals surface area contributed by atoms with E-state index in [4.69, 9.17) is 35.1 Å². The van der Waals surface area contributed by atoms with Crippen molar-refractivity contribution in [3.63, 3.8) is 0 Å². The topological polar surface area (TPSA) is 120 Å². The number of benzene rings is 2. The van der Waals surface area contributed by atoms with Gasteiger partial charge in [-0.3, -0.25) is 4.90 Å². The minimum Gasteiger partial charge on any atom is -0.490 e. The molecule has 1 aliphatic rings. The first-order chi connectivity index (χ1) is 19.6. The molecular formula is C30H34ClFN4O6. The third-order valence-corrected chi connectivity index (χ3v) is 6.64. The van der Waals surface area contributed by atoms with Crippen LogP contribution in [0.25, 0.3) is 22.8 Å². The van der Waals surface area contributed by atoms with Crippen LogP contribution in [0.4, 0.5) is 9.18 Å². The van der Waals surface area contributed by atoms with Gasteiger partial charge < -0.3 is 23.5 Å². The number of nitrogens with zero attached hydrogens (tertiary/aromatic N) is 4. The molecule has 224 valence electrons. The predicted octanol–water partition coefficient (Wildman–Crippen LogP) is 6.99. The summed E-state index contributed by atoms with van der Waals surface area (Å²) in [5.74, 6) is -0.218. The van der Waals surface area contributed by atoms with E-state index in [-0.39, 0.29) is 40.8 Å². The number of hydrogen-bond donors (Lipinski definition) is 0. The van der Waals surface area contributed by atoms with Gasteiger partial charge in [0.1, 0.15) is 29.8 Å². The van der Waals surface area contributed by atoms with Crippen molar-refractivity contribution in [3.8, 4) is 40.4 Å². The Balaban J connectivity index is 1.53. The third kappa shape index (κ3) is 6.77. The van der Waals surface area contributed by atoms with E-state index < -0.39 is 35.4 Å². The number of ether oxygens (including phenoxy) is 4. The standard InChI is InChI=1S/C30H34ClFN4O6/c1-16(2)39-24-10-9-18(11-19(24)14-33)27-34-26(35-42-27)20-12-22(32)25(13-21(20)31)38-15-23-17(3)40-30(7,8)36(23)28(37)41-29(4,5)6/h9-13,16-17,23H,15H2,1-8H3/t17-,23+/m1/s1. The molecule has 2 atom stereocenters. The lowest BCUT2D eigenvalue weighted by Crippen LogP contribution is -2.52. The molecule has 1 saturated heterocycles. The molecule has 1 fully saturated rings. The molecule has 0 bridgehead atoms. The maximum Gasteiger partial charge on any atom is 0.413 e. The molecule has 0 aliphatic carbocycles. The second kappa shape index (κ2) is 11.8. The summed E-state index contributed by atoms with van der Waals surface area (Å²) >= 11 is 6.49. The first kappa shape index (κ1) is 31.1. The van der Waals surface area contributed by atoms with E-state index in [0.29, 0.717) is 16.9 Å². The number of hydrogen-bond acceptors (Lipinski definition) is 9. The average molecular weight is 601 g/mol. The smallest absolute Gasteiger partial charge is 0.413 e. The first-order valence-corrected chi connectivity index (χ1v) is 13.8. The fourth-order valence-electron chi connectivity index (χ4n) is 4.62. The number of rotatable bonds is 7. The van der Waals surface area contributed by atoms with Gasteiger partial charge in [0.15, 0.2) is 11.6 Å². The van der Waals surface area contributed by atoms with E-state index in [1.54, 1.807) is 52.8 Å². The van der Waals surface area contributed by atoms with E-state index in [1.807, 2.05) is 20.8 Å². The lowest BCUT2D eigenvalue weighted by molar-refractivity contribution is -0.0760. The van der Waals surface area contributed by atoms with Gasteiger partial charge in [0, 0.05) is 17.2 Å². The largest absolute Gasteiger partial charge is 0.490 e. The highest BCUT2D eigenvalue weighted by molar-refractivity contribution is 6.33. The van der Waals surface area contributed by atoms with Gasteiger partial charge in [-0.25, -0.2) is 9.18 Å². The summed E-state index contributed by atoms with van der Waals surface area (Å²) in [5, 5.41) is 13.6. The molecule has 4 rings (SSSR count). The maximum atomic E-state index is 15.2. The Morgan fingerprint density at radius 1 is 1.24 bits per heavy atom. The van der Waals surface area contributed by atoms with Crippen molar-refractivity contribution in [1.29, 1.82) is 5.26 Å². The van der Waals surface area contributed by atoms with Crippen LogP contribution >= 0.6 is 11.6 Å². The zero-order chi connectivity index (χ0) is 31.0. The van der Waals surface area contributed by atoms with Gasteiger partial charge in [0.2, 0.25) is 5.82 Å². The molecule has 1 amide bonds. The molecule has 42 heavy (non-hydrogen) atoms. The lowest BCUT2D eigenvalue weighted by Gasteiger charge is -2.35. The predicted molar refractivity (Wildman–Crippen MR) is 153 cm³/mol. The Labute approximate surface area is 249 Å². The third-order valence-electron chi connectivity index (χ3n) is 6.33. The molecule has 0 spiro atoms. The second-order valence-electron chi connectivity index (χ2n) is 11.7. The fraction of sp³-hybridized carbons (Fsp3) is 0.467. The Hall–Kier alpha value is -3.88. The van der Waals surface area contributed by atoms with Gasteiger partial charge in [0.25, 0.3) is 5.89 Å². The second-order valence-corrected chi connectivity index (χ2v) is 12.1. The number of halogens is 2. The van der Waals surface area contributed by atoms with Crippen LogP contribution in [-0.2, 0) is 9.47 Å². The number of aromatic nitrogens is 2. The molecule has 3 aromatic rings. The summed E-state index contributed by atoms with van der Waals surface area (Å²) in [7, 11) is 0. The van der Waals surface area contributed by atoms with Crippen LogP contribution in [-0.4, -0.2) is 57.3 Å². The van der Waals surface area contributed by atoms with Gasteiger partial charge in [-0.05, 0) is 79.7 Å². The quantitative estimate of drug-likeness (QED) is 0.282. The van der Waals surface area contributed by atoms with Crippen LogP contribution in [0.15, 0.2) is 34.9 Å². The molecule has 0 saturated carbocycles. The van der Waals surface area contributed by atoms with E-state index >= 15 is 4.39 Å². The Bertz CT molecular complexity index is 1510. The summed E-state index contributed by atoms with van der Waals surface area (Å²) in [6.45, 7) is 14.3. The van der Waals surface area contributed by atoms with Gasteiger partial charge in [0.05, 0.1) is 28.8 Å². The fourth-order valence-corrected chi connectivity index (χ4v) is 4.86. The van der Waals surface area contributed by atoms with Gasteiger partial charge in [-0.2, -0.15) is 10.2 Å². The Morgan fingerprint density at radius 2 is 1.95 bits per heavy atom. The van der Waals surface area contributed by atoms with Crippen molar-refractivity contribution in [3.05, 3.63) is 46.7 Å². The Morgan fingerprint density at radius 3 is 2.60 bits per heavy atom. The Kier molecular flexibility index (Phi) is 8.71. The van der Waals surface area contributed by atoms with Gasteiger partial charge >= 0.3 is 6.09 Å². The molecule has 1 aliphatic heterocycles. The van der Waals surface area contributed by atoms with Crippen molar-refractivity contribution in [1.82, 2.24) is 15.0 Å².